The van der Waals surface area contributed by atoms with Gasteiger partial charge < -0.3 is 5.32 Å². The van der Waals surface area contributed by atoms with E-state index in [1.807, 2.05) is 0 Å². The lowest BCUT2D eigenvalue weighted by Gasteiger charge is -2.22. The minimum Gasteiger partial charge on any atom is -0.314 e. The Balaban J connectivity index is 1.79. The number of hydrogen-bond acceptors (Lipinski definition) is 4. The molecule has 0 aromatic carbocycles. The van der Waals surface area contributed by atoms with Crippen molar-refractivity contribution in [2.24, 2.45) is 0 Å². The van der Waals surface area contributed by atoms with Crippen LogP contribution in [0.3, 0.4) is 0 Å². The Labute approximate surface area is 95.5 Å². The molecule has 0 saturated carbocycles. The van der Waals surface area contributed by atoms with Gasteiger partial charge in [-0.15, -0.1) is 0 Å². The van der Waals surface area contributed by atoms with Crippen molar-refractivity contribution in [3.8, 4) is 0 Å². The number of rotatable bonds is 4. The number of piperidine rings is 1. The molecule has 1 aromatic heterocycles. The monoisotopic (exact) mass is 219 g/mol. The Kier molecular flexibility index (Phi) is 3.99. The molecule has 16 heavy (non-hydrogen) atoms. The van der Waals surface area contributed by atoms with E-state index in [0.717, 1.165) is 13.0 Å². The molecule has 0 radical (unpaired) electrons. The topological polar surface area (TPSA) is 54.9 Å². The van der Waals surface area contributed by atoms with Crippen LogP contribution in [0.25, 0.3) is 0 Å². The fourth-order valence-corrected chi connectivity index (χ4v) is 2.05. The zero-order chi connectivity index (χ0) is 11.2. The number of Topliss-reactive ketones (excluding diaryl/α,β-unsaturated/α-hetero) is 1. The quantitative estimate of drug-likeness (QED) is 0.781. The largest absolute Gasteiger partial charge is 0.314 e. The first-order valence-electron chi connectivity index (χ1n) is 5.89. The van der Waals surface area contributed by atoms with E-state index >= 15 is 0 Å². The van der Waals surface area contributed by atoms with Gasteiger partial charge in [-0.2, -0.15) is 0 Å². The first-order valence-corrected chi connectivity index (χ1v) is 5.89. The Morgan fingerprint density at radius 2 is 2.38 bits per heavy atom. The molecule has 86 valence electrons. The molecule has 1 fully saturated rings. The van der Waals surface area contributed by atoms with Crippen LogP contribution < -0.4 is 5.32 Å². The van der Waals surface area contributed by atoms with Crippen LogP contribution in [0.15, 0.2) is 18.6 Å². The van der Waals surface area contributed by atoms with E-state index in [2.05, 4.69) is 15.3 Å². The summed E-state index contributed by atoms with van der Waals surface area (Å²) in [5, 5.41) is 3.44. The molecule has 2 rings (SSSR count). The molecule has 1 saturated heterocycles. The van der Waals surface area contributed by atoms with E-state index in [9.17, 15) is 4.79 Å². The highest BCUT2D eigenvalue weighted by Gasteiger charge is 2.15. The number of nitrogens with zero attached hydrogens (tertiary/aromatic N) is 2. The van der Waals surface area contributed by atoms with E-state index in [0.29, 0.717) is 18.2 Å². The summed E-state index contributed by atoms with van der Waals surface area (Å²) in [6.45, 7) is 1.09. The summed E-state index contributed by atoms with van der Waals surface area (Å²) >= 11 is 0. The standard InChI is InChI=1S/C12H17N3O/c16-12(11-9-13-7-8-15-11)5-4-10-3-1-2-6-14-10/h7-10,14H,1-6H2. The van der Waals surface area contributed by atoms with Crippen molar-refractivity contribution in [2.45, 2.75) is 38.1 Å². The minimum absolute atomic E-state index is 0.0977. The van der Waals surface area contributed by atoms with Crippen molar-refractivity contribution in [1.82, 2.24) is 15.3 Å². The van der Waals surface area contributed by atoms with Gasteiger partial charge in [-0.25, -0.2) is 4.98 Å². The summed E-state index contributed by atoms with van der Waals surface area (Å²) in [5.74, 6) is 0.0977. The van der Waals surface area contributed by atoms with Crippen LogP contribution >= 0.6 is 0 Å². The zero-order valence-corrected chi connectivity index (χ0v) is 9.35. The third-order valence-corrected chi connectivity index (χ3v) is 2.98. The summed E-state index contributed by atoms with van der Waals surface area (Å²) in [4.78, 5) is 19.7. The Morgan fingerprint density at radius 1 is 1.44 bits per heavy atom. The van der Waals surface area contributed by atoms with Crippen LogP contribution in [-0.2, 0) is 0 Å². The normalized spacial score (nSPS) is 20.6. The third-order valence-electron chi connectivity index (χ3n) is 2.98. The Bertz CT molecular complexity index is 333. The number of nitrogens with one attached hydrogen (secondary N) is 1. The second-order valence-corrected chi connectivity index (χ2v) is 4.20. The van der Waals surface area contributed by atoms with E-state index in [4.69, 9.17) is 0 Å². The lowest BCUT2D eigenvalue weighted by Crippen LogP contribution is -2.34. The van der Waals surface area contributed by atoms with Crippen molar-refractivity contribution in [3.63, 3.8) is 0 Å². The fourth-order valence-electron chi connectivity index (χ4n) is 2.05. The van der Waals surface area contributed by atoms with Gasteiger partial charge in [-0.05, 0) is 25.8 Å². The lowest BCUT2D eigenvalue weighted by atomic mass is 9.99. The highest BCUT2D eigenvalue weighted by molar-refractivity contribution is 5.93. The average molecular weight is 219 g/mol. The van der Waals surface area contributed by atoms with E-state index in [-0.39, 0.29) is 5.78 Å². The van der Waals surface area contributed by atoms with Gasteiger partial charge in [-0.1, -0.05) is 6.42 Å². The van der Waals surface area contributed by atoms with Gasteiger partial charge in [0.2, 0.25) is 0 Å². The first-order chi connectivity index (χ1) is 7.86. The van der Waals surface area contributed by atoms with Crippen molar-refractivity contribution in [2.75, 3.05) is 6.54 Å². The average Bonchev–Trinajstić information content (AvgIpc) is 2.38. The van der Waals surface area contributed by atoms with Gasteiger partial charge in [0.15, 0.2) is 5.78 Å². The molecule has 1 unspecified atom stereocenters. The third kappa shape index (κ3) is 3.10. The minimum atomic E-state index is 0.0977. The van der Waals surface area contributed by atoms with Gasteiger partial charge in [0.25, 0.3) is 0 Å². The second-order valence-electron chi connectivity index (χ2n) is 4.20. The molecule has 1 N–H and O–H groups in total. The van der Waals surface area contributed by atoms with Crippen molar-refractivity contribution in [1.29, 1.82) is 0 Å². The molecular weight excluding hydrogens is 202 g/mol. The number of ketones is 1. The highest BCUT2D eigenvalue weighted by Crippen LogP contribution is 2.13. The van der Waals surface area contributed by atoms with Crippen molar-refractivity contribution in [3.05, 3.63) is 24.3 Å². The maximum Gasteiger partial charge on any atom is 0.182 e. The summed E-state index contributed by atoms with van der Waals surface area (Å²) in [6, 6.07) is 0.509. The van der Waals surface area contributed by atoms with E-state index in [1.165, 1.54) is 25.5 Å². The van der Waals surface area contributed by atoms with E-state index < -0.39 is 0 Å². The highest BCUT2D eigenvalue weighted by atomic mass is 16.1. The van der Waals surface area contributed by atoms with Crippen LogP contribution in [0.5, 0.6) is 0 Å². The Hall–Kier alpha value is -1.29. The molecule has 0 aliphatic carbocycles. The SMILES string of the molecule is O=C(CCC1CCCCN1)c1cnccn1. The molecule has 2 heterocycles. The van der Waals surface area contributed by atoms with Gasteiger partial charge in [0, 0.05) is 24.9 Å². The molecule has 4 heteroatoms. The number of hydrogen-bond donors (Lipinski definition) is 1. The molecule has 0 spiro atoms. The summed E-state index contributed by atoms with van der Waals surface area (Å²) in [7, 11) is 0. The van der Waals surface area contributed by atoms with Gasteiger partial charge in [0.1, 0.15) is 5.69 Å². The van der Waals surface area contributed by atoms with Crippen LogP contribution in [0.2, 0.25) is 0 Å². The van der Waals surface area contributed by atoms with Crippen LogP contribution in [-0.4, -0.2) is 28.3 Å². The summed E-state index contributed by atoms with van der Waals surface area (Å²) < 4.78 is 0. The molecule has 1 aliphatic heterocycles. The van der Waals surface area contributed by atoms with Gasteiger partial charge in [0.05, 0.1) is 6.20 Å². The maximum absolute atomic E-state index is 11.8. The Morgan fingerprint density at radius 3 is 3.06 bits per heavy atom. The number of carbonyl (C=O) groups is 1. The van der Waals surface area contributed by atoms with Crippen LogP contribution in [0.4, 0.5) is 0 Å². The number of carbonyl (C=O) groups excluding carboxylic acids is 1. The molecule has 1 atom stereocenters. The molecule has 1 aliphatic rings. The van der Waals surface area contributed by atoms with Gasteiger partial charge in [-0.3, -0.25) is 9.78 Å². The van der Waals surface area contributed by atoms with E-state index in [1.54, 1.807) is 12.4 Å². The zero-order valence-electron chi connectivity index (χ0n) is 9.35. The first kappa shape index (κ1) is 11.2. The lowest BCUT2D eigenvalue weighted by molar-refractivity contribution is 0.0969. The maximum atomic E-state index is 11.8. The van der Waals surface area contributed by atoms with Crippen LogP contribution in [0, 0.1) is 0 Å². The fraction of sp³-hybridized carbons (Fsp3) is 0.583. The molecule has 4 nitrogen and oxygen atoms in total. The van der Waals surface area contributed by atoms with Crippen molar-refractivity contribution < 1.29 is 4.79 Å². The second kappa shape index (κ2) is 5.70. The molecular formula is C12H17N3O. The molecule has 0 amide bonds. The predicted octanol–water partition coefficient (Wildman–Crippen LogP) is 1.58. The number of aromatic nitrogens is 2. The van der Waals surface area contributed by atoms with Gasteiger partial charge >= 0.3 is 0 Å². The van der Waals surface area contributed by atoms with Crippen molar-refractivity contribution >= 4 is 5.78 Å². The molecule has 0 bridgehead atoms. The van der Waals surface area contributed by atoms with Crippen LogP contribution in [0.1, 0.15) is 42.6 Å². The summed E-state index contributed by atoms with van der Waals surface area (Å²) in [6.07, 6.45) is 9.88. The molecule has 1 aromatic rings. The summed E-state index contributed by atoms with van der Waals surface area (Å²) in [5.41, 5.74) is 0.485. The predicted molar refractivity (Wildman–Crippen MR) is 61.2 cm³/mol. The smallest absolute Gasteiger partial charge is 0.182 e.